The van der Waals surface area contributed by atoms with E-state index < -0.39 is 11.5 Å². The summed E-state index contributed by atoms with van der Waals surface area (Å²) in [6.45, 7) is 1.89. The third kappa shape index (κ3) is 1.61. The normalized spacial score (nSPS) is 11.1. The third-order valence-electron chi connectivity index (χ3n) is 3.09. The van der Waals surface area contributed by atoms with Crippen molar-refractivity contribution in [3.05, 3.63) is 52.0 Å². The monoisotopic (exact) mass is 257 g/mol. The van der Waals surface area contributed by atoms with Gasteiger partial charge in [-0.2, -0.15) is 0 Å². The van der Waals surface area contributed by atoms with Crippen LogP contribution in [0.15, 0.2) is 39.5 Å². The number of nitrogen functional groups attached to an aromatic ring is 1. The van der Waals surface area contributed by atoms with Crippen molar-refractivity contribution in [2.45, 2.75) is 6.92 Å². The largest absolute Gasteiger partial charge is 0.405 e. The minimum absolute atomic E-state index is 0.384. The molecular formula is C13H11N3O3. The summed E-state index contributed by atoms with van der Waals surface area (Å²) < 4.78 is 6.99. The van der Waals surface area contributed by atoms with Gasteiger partial charge in [-0.1, -0.05) is 0 Å². The van der Waals surface area contributed by atoms with E-state index in [0.29, 0.717) is 22.2 Å². The van der Waals surface area contributed by atoms with Gasteiger partial charge >= 0.3 is 5.63 Å². The van der Waals surface area contributed by atoms with Crippen molar-refractivity contribution in [3.8, 4) is 0 Å². The van der Waals surface area contributed by atoms with Crippen molar-refractivity contribution < 1.29 is 9.21 Å². The molecule has 3 N–H and O–H groups in total. The lowest BCUT2D eigenvalue weighted by Gasteiger charge is -2.05. The average Bonchev–Trinajstić information content (AvgIpc) is 2.79. The first-order valence-corrected chi connectivity index (χ1v) is 5.67. The maximum Gasteiger partial charge on any atom is 0.346 e. The first kappa shape index (κ1) is 11.5. The van der Waals surface area contributed by atoms with Crippen LogP contribution in [-0.4, -0.2) is 10.3 Å². The van der Waals surface area contributed by atoms with E-state index in [1.807, 2.05) is 13.0 Å². The SMILES string of the molecule is Cc1ccc2oc(=O)c3ccc(C(=O)NN)cc3n12. The molecule has 6 nitrogen and oxygen atoms in total. The smallest absolute Gasteiger partial charge is 0.346 e. The Morgan fingerprint density at radius 2 is 2.11 bits per heavy atom. The number of hydrogen-bond donors (Lipinski definition) is 2. The molecule has 0 saturated heterocycles. The number of rotatable bonds is 1. The Morgan fingerprint density at radius 3 is 2.84 bits per heavy atom. The molecule has 3 rings (SSSR count). The molecule has 1 amide bonds. The number of aromatic nitrogens is 1. The number of carbonyl (C=O) groups is 1. The highest BCUT2D eigenvalue weighted by Gasteiger charge is 2.11. The fourth-order valence-corrected chi connectivity index (χ4v) is 2.17. The summed E-state index contributed by atoms with van der Waals surface area (Å²) in [4.78, 5) is 23.4. The van der Waals surface area contributed by atoms with E-state index in [1.165, 1.54) is 6.07 Å². The second-order valence-corrected chi connectivity index (χ2v) is 4.24. The highest BCUT2D eigenvalue weighted by molar-refractivity contribution is 5.97. The van der Waals surface area contributed by atoms with Gasteiger partial charge < -0.3 is 4.42 Å². The topological polar surface area (TPSA) is 89.7 Å². The van der Waals surface area contributed by atoms with Crippen molar-refractivity contribution >= 4 is 22.5 Å². The molecule has 0 aliphatic carbocycles. The van der Waals surface area contributed by atoms with Crippen molar-refractivity contribution in [2.75, 3.05) is 0 Å². The Bertz CT molecular complexity index is 861. The highest BCUT2D eigenvalue weighted by atomic mass is 16.4. The predicted molar refractivity (Wildman–Crippen MR) is 69.8 cm³/mol. The molecule has 96 valence electrons. The Morgan fingerprint density at radius 1 is 1.32 bits per heavy atom. The van der Waals surface area contributed by atoms with E-state index in [-0.39, 0.29) is 0 Å². The quantitative estimate of drug-likeness (QED) is 0.386. The molecule has 0 fully saturated rings. The third-order valence-corrected chi connectivity index (χ3v) is 3.09. The molecule has 6 heteroatoms. The Labute approximate surface area is 107 Å². The first-order valence-electron chi connectivity index (χ1n) is 5.67. The number of nitrogens with one attached hydrogen (secondary N) is 1. The predicted octanol–water partition coefficient (Wildman–Crippen LogP) is 0.958. The number of benzene rings is 1. The van der Waals surface area contributed by atoms with Gasteiger partial charge in [0.2, 0.25) is 5.71 Å². The van der Waals surface area contributed by atoms with E-state index in [2.05, 4.69) is 5.43 Å². The van der Waals surface area contributed by atoms with Gasteiger partial charge in [-0.25, -0.2) is 10.6 Å². The standard InChI is InChI=1S/C13H11N3O3/c1-7-2-5-11-16(7)10-6-8(12(17)15-14)3-4-9(10)13(18)19-11/h2-6H,14H2,1H3,(H,15,17). The lowest BCUT2D eigenvalue weighted by Crippen LogP contribution is -2.30. The summed E-state index contributed by atoms with van der Waals surface area (Å²) >= 11 is 0. The lowest BCUT2D eigenvalue weighted by molar-refractivity contribution is 0.0953. The number of hydrogen-bond acceptors (Lipinski definition) is 4. The number of fused-ring (bicyclic) bond motifs is 3. The fraction of sp³-hybridized carbons (Fsp3) is 0.0769. The number of carbonyl (C=O) groups excluding carboxylic acids is 1. The zero-order valence-corrected chi connectivity index (χ0v) is 10.1. The summed E-state index contributed by atoms with van der Waals surface area (Å²) in [5.74, 6) is 4.70. The van der Waals surface area contributed by atoms with E-state index >= 15 is 0 Å². The molecule has 0 unspecified atom stereocenters. The molecule has 3 aromatic rings. The van der Waals surface area contributed by atoms with Gasteiger partial charge in [0.25, 0.3) is 5.91 Å². The summed E-state index contributed by atoms with van der Waals surface area (Å²) in [6, 6.07) is 8.27. The second-order valence-electron chi connectivity index (χ2n) is 4.24. The van der Waals surface area contributed by atoms with Gasteiger partial charge in [-0.05, 0) is 31.2 Å². The molecule has 2 aromatic heterocycles. The number of hydrazine groups is 1. The summed E-state index contributed by atoms with van der Waals surface area (Å²) in [5.41, 5.74) is 4.00. The van der Waals surface area contributed by atoms with Crippen molar-refractivity contribution in [1.29, 1.82) is 0 Å². The maximum atomic E-state index is 11.8. The molecule has 1 aromatic carbocycles. The minimum Gasteiger partial charge on any atom is -0.405 e. The number of nitrogens with two attached hydrogens (primary N) is 1. The van der Waals surface area contributed by atoms with E-state index in [4.69, 9.17) is 10.3 Å². The van der Waals surface area contributed by atoms with Crippen molar-refractivity contribution in [3.63, 3.8) is 0 Å². The van der Waals surface area contributed by atoms with Crippen LogP contribution in [0.2, 0.25) is 0 Å². The zero-order chi connectivity index (χ0) is 13.6. The zero-order valence-electron chi connectivity index (χ0n) is 10.1. The van der Waals surface area contributed by atoms with Crippen LogP contribution in [0.1, 0.15) is 16.1 Å². The minimum atomic E-state index is -0.430. The molecule has 0 radical (unpaired) electrons. The number of nitrogens with zero attached hydrogens (tertiary/aromatic N) is 1. The van der Waals surface area contributed by atoms with Crippen LogP contribution in [0.4, 0.5) is 0 Å². The van der Waals surface area contributed by atoms with Crippen LogP contribution in [0.5, 0.6) is 0 Å². The van der Waals surface area contributed by atoms with Crippen molar-refractivity contribution in [1.82, 2.24) is 9.83 Å². The molecule has 0 atom stereocenters. The Kier molecular flexibility index (Phi) is 2.39. The molecule has 19 heavy (non-hydrogen) atoms. The van der Waals surface area contributed by atoms with Crippen LogP contribution in [0, 0.1) is 6.92 Å². The molecule has 0 aliphatic heterocycles. The molecule has 0 spiro atoms. The molecule has 2 heterocycles. The first-order chi connectivity index (χ1) is 9.11. The van der Waals surface area contributed by atoms with E-state index in [9.17, 15) is 9.59 Å². The van der Waals surface area contributed by atoms with E-state index in [0.717, 1.165) is 5.69 Å². The second kappa shape index (κ2) is 3.96. The van der Waals surface area contributed by atoms with Gasteiger partial charge in [0.05, 0.1) is 10.9 Å². The fourth-order valence-electron chi connectivity index (χ4n) is 2.17. The van der Waals surface area contributed by atoms with Crippen LogP contribution >= 0.6 is 0 Å². The van der Waals surface area contributed by atoms with Gasteiger partial charge in [0.15, 0.2) is 0 Å². The van der Waals surface area contributed by atoms with Gasteiger partial charge in [-0.3, -0.25) is 14.6 Å². The molecular weight excluding hydrogens is 246 g/mol. The number of aryl methyl sites for hydroxylation is 1. The highest BCUT2D eigenvalue weighted by Crippen LogP contribution is 2.18. The van der Waals surface area contributed by atoms with Gasteiger partial charge in [0.1, 0.15) is 0 Å². The molecule has 0 bridgehead atoms. The lowest BCUT2D eigenvalue weighted by atomic mass is 10.1. The maximum absolute atomic E-state index is 11.8. The van der Waals surface area contributed by atoms with Crippen LogP contribution in [-0.2, 0) is 0 Å². The average molecular weight is 257 g/mol. The molecule has 0 aliphatic rings. The summed E-state index contributed by atoms with van der Waals surface area (Å²) in [6.07, 6.45) is 0. The van der Waals surface area contributed by atoms with Crippen LogP contribution < -0.4 is 16.9 Å². The van der Waals surface area contributed by atoms with E-state index in [1.54, 1.807) is 22.6 Å². The van der Waals surface area contributed by atoms with Crippen LogP contribution in [0.25, 0.3) is 16.6 Å². The molecule has 0 saturated carbocycles. The van der Waals surface area contributed by atoms with Gasteiger partial charge in [-0.15, -0.1) is 0 Å². The summed E-state index contributed by atoms with van der Waals surface area (Å²) in [7, 11) is 0. The van der Waals surface area contributed by atoms with Crippen LogP contribution in [0.3, 0.4) is 0 Å². The Balaban J connectivity index is 2.48. The van der Waals surface area contributed by atoms with Crippen molar-refractivity contribution in [2.24, 2.45) is 5.84 Å². The Hall–Kier alpha value is -2.60. The summed E-state index contributed by atoms with van der Waals surface area (Å²) in [5, 5.41) is 0.417. The number of amides is 1. The van der Waals surface area contributed by atoms with Gasteiger partial charge in [0, 0.05) is 17.3 Å².